The molecule has 1 heterocycles. The highest BCUT2D eigenvalue weighted by atomic mass is 32.2. The minimum Gasteiger partial charge on any atom is -0.744 e. The van der Waals surface area contributed by atoms with Crippen molar-refractivity contribution < 1.29 is 42.3 Å². The van der Waals surface area contributed by atoms with Gasteiger partial charge in [-0.25, -0.2) is 8.42 Å². The molecular formula is C16H9N4O9S2-3. The molecule has 0 fully saturated rings. The van der Waals surface area contributed by atoms with Crippen molar-refractivity contribution in [3.8, 4) is 0 Å². The standard InChI is InChI=1S/C16H12N4O9S2/c21-15-13(18-17-9-1-5-11(6-2-9)30-29-28-24)14(16(22)23)19-20(15)10-3-7-12(8-4-10)31(25,26)27/h1-8,13,24H,(H,22,23)(H,25,26,27)/p-3. The van der Waals surface area contributed by atoms with Crippen molar-refractivity contribution in [2.45, 2.75) is 15.8 Å². The Morgan fingerprint density at radius 3 is 2.32 bits per heavy atom. The van der Waals surface area contributed by atoms with E-state index < -0.39 is 38.6 Å². The number of nitrogens with zero attached hydrogens (tertiary/aromatic N) is 4. The molecule has 13 nitrogen and oxygen atoms in total. The van der Waals surface area contributed by atoms with Gasteiger partial charge in [-0.3, -0.25) is 9.83 Å². The predicted octanol–water partition coefficient (Wildman–Crippen LogP) is -0.574. The predicted molar refractivity (Wildman–Crippen MR) is 97.1 cm³/mol. The highest BCUT2D eigenvalue weighted by Gasteiger charge is 2.38. The molecule has 1 aliphatic heterocycles. The van der Waals surface area contributed by atoms with Crippen LogP contribution in [0.4, 0.5) is 11.4 Å². The van der Waals surface area contributed by atoms with Crippen molar-refractivity contribution in [2.24, 2.45) is 15.3 Å². The first-order chi connectivity index (χ1) is 14.7. The zero-order valence-electron chi connectivity index (χ0n) is 15.0. The molecule has 0 bridgehead atoms. The Bertz CT molecular complexity index is 1150. The number of anilines is 1. The van der Waals surface area contributed by atoms with Crippen molar-refractivity contribution >= 4 is 51.1 Å². The molecule has 0 saturated carbocycles. The third-order valence-corrected chi connectivity index (χ3v) is 5.21. The van der Waals surface area contributed by atoms with Crippen molar-refractivity contribution in [3.63, 3.8) is 0 Å². The molecular weight excluding hydrogens is 456 g/mol. The molecule has 1 atom stereocenters. The second-order valence-corrected chi connectivity index (χ2v) is 7.86. The Kier molecular flexibility index (Phi) is 6.74. The minimum absolute atomic E-state index is 0.0100. The third kappa shape index (κ3) is 5.29. The number of carbonyl (C=O) groups is 2. The van der Waals surface area contributed by atoms with Crippen LogP contribution in [-0.4, -0.2) is 36.6 Å². The highest BCUT2D eigenvalue weighted by Crippen LogP contribution is 2.26. The molecule has 1 unspecified atom stereocenters. The van der Waals surface area contributed by atoms with Gasteiger partial charge >= 0.3 is 0 Å². The van der Waals surface area contributed by atoms with Crippen molar-refractivity contribution in [1.29, 1.82) is 0 Å². The smallest absolute Gasteiger partial charge is 0.280 e. The zero-order chi connectivity index (χ0) is 22.6. The van der Waals surface area contributed by atoms with Crippen LogP contribution in [0.25, 0.3) is 0 Å². The van der Waals surface area contributed by atoms with Gasteiger partial charge in [0.15, 0.2) is 6.04 Å². The van der Waals surface area contributed by atoms with Crippen molar-refractivity contribution in [3.05, 3.63) is 48.5 Å². The average molecular weight is 465 g/mol. The van der Waals surface area contributed by atoms with E-state index >= 15 is 0 Å². The van der Waals surface area contributed by atoms with E-state index in [1.165, 1.54) is 24.3 Å². The fourth-order valence-corrected chi connectivity index (χ4v) is 3.21. The van der Waals surface area contributed by atoms with E-state index in [-0.39, 0.29) is 11.4 Å². The van der Waals surface area contributed by atoms with Crippen LogP contribution >= 0.6 is 12.0 Å². The van der Waals surface area contributed by atoms with Crippen LogP contribution in [0.2, 0.25) is 0 Å². The summed E-state index contributed by atoms with van der Waals surface area (Å²) < 4.78 is 37.2. The molecule has 0 spiro atoms. The van der Waals surface area contributed by atoms with Crippen LogP contribution in [0.3, 0.4) is 0 Å². The molecule has 0 radical (unpaired) electrons. The molecule has 1 aliphatic rings. The number of azo groups is 1. The number of carboxylic acids is 1. The van der Waals surface area contributed by atoms with E-state index in [1.54, 1.807) is 0 Å². The molecule has 15 heteroatoms. The van der Waals surface area contributed by atoms with Crippen molar-refractivity contribution in [1.82, 2.24) is 0 Å². The van der Waals surface area contributed by atoms with E-state index in [0.717, 1.165) is 24.3 Å². The zero-order valence-corrected chi connectivity index (χ0v) is 16.6. The maximum atomic E-state index is 12.6. The summed E-state index contributed by atoms with van der Waals surface area (Å²) in [4.78, 5) is 24.0. The van der Waals surface area contributed by atoms with Gasteiger partial charge < -0.3 is 19.7 Å². The molecule has 162 valence electrons. The normalized spacial score (nSPS) is 16.7. The summed E-state index contributed by atoms with van der Waals surface area (Å²) >= 11 is 0.647. The number of amides is 1. The lowest BCUT2D eigenvalue weighted by atomic mass is 10.2. The summed E-state index contributed by atoms with van der Waals surface area (Å²) in [6, 6.07) is 8.43. The first-order valence-corrected chi connectivity index (χ1v) is 10.2. The van der Waals surface area contributed by atoms with E-state index in [9.17, 15) is 32.9 Å². The first kappa shape index (κ1) is 22.5. The summed E-state index contributed by atoms with van der Waals surface area (Å²) in [6.07, 6.45) is 0. The number of aliphatic carboxylic acids is 1. The minimum atomic E-state index is -4.70. The molecule has 0 N–H and O–H groups in total. The van der Waals surface area contributed by atoms with Gasteiger partial charge in [-0.15, -0.1) is 0 Å². The summed E-state index contributed by atoms with van der Waals surface area (Å²) in [5, 5.41) is 36.3. The number of rotatable bonds is 8. The molecule has 0 aromatic heterocycles. The Labute approximate surface area is 178 Å². The largest absolute Gasteiger partial charge is 0.744 e. The second-order valence-electron chi connectivity index (χ2n) is 5.70. The van der Waals surface area contributed by atoms with Gasteiger partial charge in [0.25, 0.3) is 5.91 Å². The summed E-state index contributed by atoms with van der Waals surface area (Å²) in [5.41, 5.74) is -0.445. The van der Waals surface area contributed by atoms with Crippen LogP contribution in [0, 0.1) is 0 Å². The van der Waals surface area contributed by atoms with Crippen LogP contribution in [0.15, 0.2) is 73.7 Å². The summed E-state index contributed by atoms with van der Waals surface area (Å²) in [6.45, 7) is 0. The fourth-order valence-electron chi connectivity index (χ4n) is 2.39. The van der Waals surface area contributed by atoms with E-state index in [0.29, 0.717) is 21.9 Å². The van der Waals surface area contributed by atoms with E-state index in [4.69, 9.17) is 0 Å². The maximum absolute atomic E-state index is 12.6. The van der Waals surface area contributed by atoms with Gasteiger partial charge in [-0.05, 0) is 48.5 Å². The van der Waals surface area contributed by atoms with Gasteiger partial charge in [0.2, 0.25) is 0 Å². The Balaban J connectivity index is 1.81. The van der Waals surface area contributed by atoms with Gasteiger partial charge in [0, 0.05) is 4.90 Å². The molecule has 2 aromatic rings. The molecule has 2 aromatic carbocycles. The Morgan fingerprint density at radius 2 is 1.77 bits per heavy atom. The van der Waals surface area contributed by atoms with Crippen LogP contribution in [0.1, 0.15) is 0 Å². The van der Waals surface area contributed by atoms with Gasteiger partial charge in [0.05, 0.1) is 34.3 Å². The highest BCUT2D eigenvalue weighted by molar-refractivity contribution is 7.94. The lowest BCUT2D eigenvalue weighted by Crippen LogP contribution is -2.39. The van der Waals surface area contributed by atoms with E-state index in [2.05, 4.69) is 24.7 Å². The number of hydrogen-bond acceptors (Lipinski definition) is 13. The number of hydrogen-bond donors (Lipinski definition) is 0. The van der Waals surface area contributed by atoms with Crippen LogP contribution in [-0.2, 0) is 29.1 Å². The average Bonchev–Trinajstić information content (AvgIpc) is 3.07. The third-order valence-electron chi connectivity index (χ3n) is 3.77. The van der Waals surface area contributed by atoms with Crippen molar-refractivity contribution in [2.75, 3.05) is 5.01 Å². The summed E-state index contributed by atoms with van der Waals surface area (Å²) in [7, 11) is -4.70. The molecule has 31 heavy (non-hydrogen) atoms. The maximum Gasteiger partial charge on any atom is 0.280 e. The lowest BCUT2D eigenvalue weighted by Gasteiger charge is -2.13. The lowest BCUT2D eigenvalue weighted by molar-refractivity contribution is -0.777. The van der Waals surface area contributed by atoms with Gasteiger partial charge in [-0.1, -0.05) is 0 Å². The topological polar surface area (TPSA) is 196 Å². The fraction of sp³-hybridized carbons (Fsp3) is 0.0625. The first-order valence-electron chi connectivity index (χ1n) is 8.04. The molecule has 0 saturated heterocycles. The number of benzene rings is 2. The number of carbonyl (C=O) groups excluding carboxylic acids is 2. The Hall–Kier alpha value is -3.21. The van der Waals surface area contributed by atoms with Crippen LogP contribution < -0.4 is 15.4 Å². The second kappa shape index (κ2) is 9.29. The number of carboxylic acid groups (broad SMARTS) is 1. The molecule has 3 rings (SSSR count). The SMILES string of the molecule is O=C([O-])C1=NN(c2ccc(S(=O)(=O)[O-])cc2)C(=O)C1N=Nc1ccc(SOO[O-])cc1. The Morgan fingerprint density at radius 1 is 1.13 bits per heavy atom. The summed E-state index contributed by atoms with van der Waals surface area (Å²) in [5.74, 6) is -2.63. The monoisotopic (exact) mass is 465 g/mol. The van der Waals surface area contributed by atoms with Gasteiger partial charge in [-0.2, -0.15) is 24.7 Å². The molecule has 0 aliphatic carbocycles. The quantitative estimate of drug-likeness (QED) is 0.160. The van der Waals surface area contributed by atoms with Crippen LogP contribution in [0.5, 0.6) is 0 Å². The van der Waals surface area contributed by atoms with E-state index in [1.807, 2.05) is 0 Å². The van der Waals surface area contributed by atoms with Gasteiger partial charge in [0.1, 0.15) is 15.8 Å². The molecule has 1 amide bonds. The number of hydrazone groups is 1.